The van der Waals surface area contributed by atoms with Crippen LogP contribution in [0.4, 0.5) is 0 Å². The fourth-order valence-corrected chi connectivity index (χ4v) is 3.10. The minimum absolute atomic E-state index is 0. The van der Waals surface area contributed by atoms with Crippen LogP contribution in [0.5, 0.6) is 0 Å². The number of hydrogen-bond acceptors (Lipinski definition) is 2. The molecule has 0 bridgehead atoms. The van der Waals surface area contributed by atoms with E-state index in [-0.39, 0.29) is 24.0 Å². The molecule has 0 saturated carbocycles. The lowest BCUT2D eigenvalue weighted by molar-refractivity contribution is -0.671. The Hall–Kier alpha value is -1.76. The zero-order valence-electron chi connectivity index (χ0n) is 16.3. The molecule has 0 aliphatic carbocycles. The van der Waals surface area contributed by atoms with Gasteiger partial charge in [0.25, 0.3) is 0 Å². The van der Waals surface area contributed by atoms with Gasteiger partial charge in [0.05, 0.1) is 6.54 Å². The normalized spacial score (nSPS) is 10.6. The first-order valence-corrected chi connectivity index (χ1v) is 9.69. The van der Waals surface area contributed by atoms with E-state index in [0.717, 1.165) is 30.2 Å². The molecule has 27 heavy (non-hydrogen) atoms. The van der Waals surface area contributed by atoms with E-state index in [2.05, 4.69) is 54.1 Å². The molecule has 1 aromatic carbocycles. The van der Waals surface area contributed by atoms with E-state index >= 15 is 0 Å². The molecule has 0 saturated heterocycles. The summed E-state index contributed by atoms with van der Waals surface area (Å²) in [6.07, 6.45) is 11.4. The van der Waals surface area contributed by atoms with Crippen molar-refractivity contribution in [2.45, 2.75) is 52.0 Å². The molecule has 144 valence electrons. The molecular formula is C22H29IN4. The number of nitrogens with zero attached hydrogens (tertiary/aromatic N) is 4. The van der Waals surface area contributed by atoms with Crippen LogP contribution in [0.3, 0.4) is 0 Å². The second-order valence-corrected chi connectivity index (χ2v) is 6.91. The molecule has 0 aliphatic rings. The van der Waals surface area contributed by atoms with E-state index in [1.54, 1.807) is 0 Å². The fraction of sp³-hybridized carbons (Fsp3) is 0.409. The number of halogens is 1. The molecule has 0 N–H and O–H groups in total. The Kier molecular flexibility index (Phi) is 8.91. The third-order valence-corrected chi connectivity index (χ3v) is 4.66. The molecule has 0 fully saturated rings. The second-order valence-electron chi connectivity index (χ2n) is 6.91. The number of unbranched alkanes of at least 4 members (excludes halogenated alkanes) is 4. The van der Waals surface area contributed by atoms with E-state index in [0.29, 0.717) is 0 Å². The maximum absolute atomic E-state index is 4.87. The molecule has 2 heterocycles. The van der Waals surface area contributed by atoms with Crippen molar-refractivity contribution in [1.82, 2.24) is 14.8 Å². The molecule has 2 aromatic heterocycles. The highest BCUT2D eigenvalue weighted by Crippen LogP contribution is 2.17. The number of rotatable bonds is 9. The van der Waals surface area contributed by atoms with Crippen LogP contribution in [0.2, 0.25) is 0 Å². The first-order valence-electron chi connectivity index (χ1n) is 9.69. The van der Waals surface area contributed by atoms with Gasteiger partial charge in [0.2, 0.25) is 0 Å². The Labute approximate surface area is 179 Å². The Bertz CT molecular complexity index is 797. The SMILES string of the molecule is CCCCCCCc1nc(-c2cc[n+](C)cc2)nn1Cc1ccccc1.[I-]. The first-order chi connectivity index (χ1) is 12.8. The van der Waals surface area contributed by atoms with Gasteiger partial charge in [-0.25, -0.2) is 14.2 Å². The number of pyridine rings is 1. The molecule has 3 aromatic rings. The van der Waals surface area contributed by atoms with Gasteiger partial charge in [-0.05, 0) is 12.0 Å². The molecule has 0 atom stereocenters. The summed E-state index contributed by atoms with van der Waals surface area (Å²) in [7, 11) is 2.02. The number of hydrogen-bond donors (Lipinski definition) is 0. The maximum atomic E-state index is 4.87. The van der Waals surface area contributed by atoms with Crippen LogP contribution in [0.25, 0.3) is 11.4 Å². The summed E-state index contributed by atoms with van der Waals surface area (Å²) in [5.41, 5.74) is 2.33. The Morgan fingerprint density at radius 1 is 0.926 bits per heavy atom. The van der Waals surface area contributed by atoms with Crippen molar-refractivity contribution in [1.29, 1.82) is 0 Å². The monoisotopic (exact) mass is 476 g/mol. The lowest BCUT2D eigenvalue weighted by Gasteiger charge is -2.06. The molecule has 0 spiro atoms. The average Bonchev–Trinajstić information content (AvgIpc) is 3.06. The largest absolute Gasteiger partial charge is 1.00 e. The Morgan fingerprint density at radius 2 is 1.63 bits per heavy atom. The van der Waals surface area contributed by atoms with E-state index < -0.39 is 0 Å². The lowest BCUT2D eigenvalue weighted by atomic mass is 10.1. The summed E-state index contributed by atoms with van der Waals surface area (Å²) in [5, 5.41) is 4.82. The van der Waals surface area contributed by atoms with Crippen molar-refractivity contribution < 1.29 is 28.5 Å². The molecule has 4 nitrogen and oxygen atoms in total. The highest BCUT2D eigenvalue weighted by atomic mass is 127. The van der Waals surface area contributed by atoms with Crippen LogP contribution in [0.1, 0.15) is 50.4 Å². The van der Waals surface area contributed by atoms with Gasteiger partial charge >= 0.3 is 0 Å². The smallest absolute Gasteiger partial charge is 0.181 e. The van der Waals surface area contributed by atoms with Crippen LogP contribution in [0.15, 0.2) is 54.9 Å². The van der Waals surface area contributed by atoms with Crippen molar-refractivity contribution in [2.24, 2.45) is 7.05 Å². The molecule has 0 amide bonds. The molecule has 0 radical (unpaired) electrons. The third-order valence-electron chi connectivity index (χ3n) is 4.66. The van der Waals surface area contributed by atoms with Crippen LogP contribution in [-0.2, 0) is 20.0 Å². The van der Waals surface area contributed by atoms with Crippen molar-refractivity contribution in [2.75, 3.05) is 0 Å². The van der Waals surface area contributed by atoms with Crippen LogP contribution >= 0.6 is 0 Å². The minimum Gasteiger partial charge on any atom is -1.00 e. The third kappa shape index (κ3) is 6.41. The zero-order valence-corrected chi connectivity index (χ0v) is 18.5. The topological polar surface area (TPSA) is 34.6 Å². The molecule has 3 rings (SSSR count). The summed E-state index contributed by atoms with van der Waals surface area (Å²) in [6.45, 7) is 3.03. The van der Waals surface area contributed by atoms with Crippen LogP contribution in [-0.4, -0.2) is 14.8 Å². The first kappa shape index (κ1) is 21.5. The zero-order chi connectivity index (χ0) is 18.2. The van der Waals surface area contributed by atoms with Gasteiger partial charge < -0.3 is 24.0 Å². The number of benzene rings is 1. The van der Waals surface area contributed by atoms with Gasteiger partial charge in [-0.15, -0.1) is 0 Å². The summed E-state index contributed by atoms with van der Waals surface area (Å²) in [6, 6.07) is 14.7. The predicted molar refractivity (Wildman–Crippen MR) is 105 cm³/mol. The van der Waals surface area contributed by atoms with E-state index in [1.165, 1.54) is 37.7 Å². The number of aryl methyl sites for hydroxylation is 2. The van der Waals surface area contributed by atoms with Gasteiger partial charge in [-0.1, -0.05) is 62.9 Å². The lowest BCUT2D eigenvalue weighted by Crippen LogP contribution is -3.00. The molecule has 0 aliphatic heterocycles. The second kappa shape index (κ2) is 11.2. The molecular weight excluding hydrogens is 447 g/mol. The van der Waals surface area contributed by atoms with Gasteiger partial charge in [0.1, 0.15) is 12.9 Å². The standard InChI is InChI=1S/C22H29N4.HI/c1-3-4-5-6-10-13-21-23-22(20-14-16-25(2)17-15-20)24-26(21)18-19-11-8-7-9-12-19;/h7-9,11-12,14-17H,3-6,10,13,18H2,1-2H3;1H/q+1;/p-1. The van der Waals surface area contributed by atoms with Crippen molar-refractivity contribution in [3.63, 3.8) is 0 Å². The molecule has 5 heteroatoms. The Morgan fingerprint density at radius 3 is 2.33 bits per heavy atom. The summed E-state index contributed by atoms with van der Waals surface area (Å²) in [5.74, 6) is 1.92. The minimum atomic E-state index is 0. The maximum Gasteiger partial charge on any atom is 0.181 e. The summed E-state index contributed by atoms with van der Waals surface area (Å²) >= 11 is 0. The van der Waals surface area contributed by atoms with Crippen LogP contribution < -0.4 is 28.5 Å². The highest BCUT2D eigenvalue weighted by molar-refractivity contribution is 5.52. The van der Waals surface area contributed by atoms with Gasteiger partial charge in [0, 0.05) is 24.1 Å². The van der Waals surface area contributed by atoms with Gasteiger partial charge in [-0.3, -0.25) is 0 Å². The summed E-state index contributed by atoms with van der Waals surface area (Å²) < 4.78 is 4.11. The number of aromatic nitrogens is 4. The van der Waals surface area contributed by atoms with Crippen LogP contribution in [0, 0.1) is 0 Å². The quantitative estimate of drug-likeness (QED) is 0.266. The van der Waals surface area contributed by atoms with Crippen molar-refractivity contribution >= 4 is 0 Å². The van der Waals surface area contributed by atoms with E-state index in [1.807, 2.05) is 24.0 Å². The average molecular weight is 476 g/mol. The highest BCUT2D eigenvalue weighted by Gasteiger charge is 2.13. The van der Waals surface area contributed by atoms with E-state index in [9.17, 15) is 0 Å². The Balaban J connectivity index is 0.00000261. The predicted octanol–water partition coefficient (Wildman–Crippen LogP) is 1.33. The fourth-order valence-electron chi connectivity index (χ4n) is 3.10. The summed E-state index contributed by atoms with van der Waals surface area (Å²) in [4.78, 5) is 4.87. The van der Waals surface area contributed by atoms with Crippen molar-refractivity contribution in [3.05, 3.63) is 66.2 Å². The van der Waals surface area contributed by atoms with Gasteiger partial charge in [0.15, 0.2) is 18.2 Å². The van der Waals surface area contributed by atoms with Gasteiger partial charge in [-0.2, -0.15) is 5.10 Å². The molecule has 0 unspecified atom stereocenters. The van der Waals surface area contributed by atoms with Crippen molar-refractivity contribution in [3.8, 4) is 11.4 Å². The van der Waals surface area contributed by atoms with E-state index in [4.69, 9.17) is 10.1 Å².